The third kappa shape index (κ3) is 4.70. The number of H-pyrrole nitrogens is 1. The molecule has 1 atom stereocenters. The predicted octanol–water partition coefficient (Wildman–Crippen LogP) is 3.38. The van der Waals surface area contributed by atoms with Gasteiger partial charge in [-0.05, 0) is 37.5 Å². The molecule has 1 aromatic carbocycles. The zero-order valence-corrected chi connectivity index (χ0v) is 15.6. The molecule has 1 heterocycles. The van der Waals surface area contributed by atoms with E-state index in [1.54, 1.807) is 6.07 Å². The van der Waals surface area contributed by atoms with Crippen LogP contribution in [0.3, 0.4) is 0 Å². The minimum absolute atomic E-state index is 0.0731. The molecule has 1 aromatic heterocycles. The lowest BCUT2D eigenvalue weighted by molar-refractivity contribution is -0.119. The normalized spacial score (nSPS) is 15.1. The van der Waals surface area contributed by atoms with E-state index in [-0.39, 0.29) is 23.3 Å². The Labute approximate surface area is 152 Å². The van der Waals surface area contributed by atoms with Crippen molar-refractivity contribution in [2.45, 2.75) is 36.9 Å². The lowest BCUT2D eigenvalue weighted by atomic mass is 10.1. The topological polar surface area (TPSA) is 74.8 Å². The Hall–Kier alpha value is -1.60. The highest BCUT2D eigenvalue weighted by atomic mass is 79.9. The third-order valence-electron chi connectivity index (χ3n) is 3.82. The summed E-state index contributed by atoms with van der Waals surface area (Å²) in [4.78, 5) is 30.9. The van der Waals surface area contributed by atoms with Crippen molar-refractivity contribution >= 4 is 33.6 Å². The zero-order valence-electron chi connectivity index (χ0n) is 13.2. The molecule has 0 aliphatic heterocycles. The summed E-state index contributed by atoms with van der Waals surface area (Å²) in [5.41, 5.74) is 1.72. The van der Waals surface area contributed by atoms with Gasteiger partial charge in [-0.1, -0.05) is 39.8 Å². The summed E-state index contributed by atoms with van der Waals surface area (Å²) in [6.07, 6.45) is 2.18. The van der Waals surface area contributed by atoms with E-state index < -0.39 is 0 Å². The first-order chi connectivity index (χ1) is 11.5. The Balaban J connectivity index is 1.55. The molecule has 0 unspecified atom stereocenters. The molecular formula is C17H18BrN3O2S. The molecule has 24 heavy (non-hydrogen) atoms. The second-order valence-corrected chi connectivity index (χ2v) is 7.76. The maximum atomic E-state index is 12.1. The summed E-state index contributed by atoms with van der Waals surface area (Å²) in [6.45, 7) is 1.94. The van der Waals surface area contributed by atoms with E-state index in [2.05, 4.69) is 31.2 Å². The summed E-state index contributed by atoms with van der Waals surface area (Å²) in [5.74, 6) is 0.547. The van der Waals surface area contributed by atoms with Gasteiger partial charge in [0.15, 0.2) is 5.16 Å². The van der Waals surface area contributed by atoms with Crippen molar-refractivity contribution in [1.82, 2.24) is 15.3 Å². The van der Waals surface area contributed by atoms with Crippen LogP contribution in [-0.4, -0.2) is 21.6 Å². The van der Waals surface area contributed by atoms with E-state index in [4.69, 9.17) is 0 Å². The van der Waals surface area contributed by atoms with Crippen molar-refractivity contribution in [3.63, 3.8) is 0 Å². The largest absolute Gasteiger partial charge is 0.349 e. The third-order valence-corrected chi connectivity index (χ3v) is 5.22. The van der Waals surface area contributed by atoms with Crippen molar-refractivity contribution < 1.29 is 4.79 Å². The van der Waals surface area contributed by atoms with Gasteiger partial charge in [0.2, 0.25) is 5.91 Å². The minimum Gasteiger partial charge on any atom is -0.349 e. The van der Waals surface area contributed by atoms with Crippen molar-refractivity contribution in [3.8, 4) is 0 Å². The molecule has 5 nitrogen and oxygen atoms in total. The monoisotopic (exact) mass is 407 g/mol. The number of carbonyl (C=O) groups is 1. The molecule has 0 saturated heterocycles. The maximum Gasteiger partial charge on any atom is 0.251 e. The van der Waals surface area contributed by atoms with Crippen LogP contribution in [0.25, 0.3) is 0 Å². The van der Waals surface area contributed by atoms with Crippen LogP contribution in [0.15, 0.2) is 44.8 Å². The van der Waals surface area contributed by atoms with E-state index in [9.17, 15) is 9.59 Å². The molecule has 1 amide bonds. The van der Waals surface area contributed by atoms with Crippen molar-refractivity contribution in [3.05, 3.63) is 56.4 Å². The number of nitrogens with zero attached hydrogens (tertiary/aromatic N) is 1. The highest BCUT2D eigenvalue weighted by Gasteiger charge is 2.25. The molecule has 7 heteroatoms. The molecule has 1 aliphatic rings. The number of aromatic nitrogens is 2. The van der Waals surface area contributed by atoms with E-state index in [1.807, 2.05) is 31.2 Å². The maximum absolute atomic E-state index is 12.1. The molecule has 0 bridgehead atoms. The first kappa shape index (κ1) is 17.2. The number of nitrogens with one attached hydrogen (secondary N) is 2. The number of hydrogen-bond donors (Lipinski definition) is 2. The molecular weight excluding hydrogens is 390 g/mol. The number of rotatable bonds is 6. The SMILES string of the molecule is C[C@@H](NC(=O)CSc1nc(C2CC2)cc(=O)[nH]1)c1ccc(Br)cc1. The van der Waals surface area contributed by atoms with Gasteiger partial charge < -0.3 is 10.3 Å². The van der Waals surface area contributed by atoms with Crippen molar-refractivity contribution in [2.24, 2.45) is 0 Å². The molecule has 1 aliphatic carbocycles. The lowest BCUT2D eigenvalue weighted by Crippen LogP contribution is -2.28. The van der Waals surface area contributed by atoms with E-state index in [0.717, 1.165) is 28.6 Å². The Morgan fingerprint density at radius 1 is 1.42 bits per heavy atom. The smallest absolute Gasteiger partial charge is 0.251 e. The summed E-state index contributed by atoms with van der Waals surface area (Å²) in [6, 6.07) is 9.32. The fraction of sp³-hybridized carbons (Fsp3) is 0.353. The molecule has 126 valence electrons. The second kappa shape index (κ2) is 7.53. The summed E-state index contributed by atoms with van der Waals surface area (Å²) in [5, 5.41) is 3.47. The number of benzene rings is 1. The van der Waals surface area contributed by atoms with Crippen LogP contribution < -0.4 is 10.9 Å². The van der Waals surface area contributed by atoms with Gasteiger partial charge in [-0.25, -0.2) is 4.98 Å². The Morgan fingerprint density at radius 3 is 2.79 bits per heavy atom. The van der Waals surface area contributed by atoms with E-state index in [1.165, 1.54) is 11.8 Å². The molecule has 1 saturated carbocycles. The number of halogens is 1. The Bertz CT molecular complexity index is 787. The van der Waals surface area contributed by atoms with E-state index >= 15 is 0 Å². The number of aromatic amines is 1. The van der Waals surface area contributed by atoms with Gasteiger partial charge in [0.1, 0.15) is 0 Å². The van der Waals surface area contributed by atoms with Crippen LogP contribution in [0.5, 0.6) is 0 Å². The Morgan fingerprint density at radius 2 is 2.12 bits per heavy atom. The molecule has 0 spiro atoms. The average Bonchev–Trinajstić information content (AvgIpc) is 3.38. The van der Waals surface area contributed by atoms with Gasteiger partial charge in [0.25, 0.3) is 5.56 Å². The number of thioether (sulfide) groups is 1. The molecule has 2 N–H and O–H groups in total. The quantitative estimate of drug-likeness (QED) is 0.568. The van der Waals surface area contributed by atoms with Gasteiger partial charge in [0.05, 0.1) is 17.5 Å². The second-order valence-electron chi connectivity index (χ2n) is 5.88. The van der Waals surface area contributed by atoms with Crippen molar-refractivity contribution in [1.29, 1.82) is 0 Å². The first-order valence-electron chi connectivity index (χ1n) is 7.80. The molecule has 3 rings (SSSR count). The van der Waals surface area contributed by atoms with Gasteiger partial charge in [-0.2, -0.15) is 0 Å². The van der Waals surface area contributed by atoms with Crippen molar-refractivity contribution in [2.75, 3.05) is 5.75 Å². The average molecular weight is 408 g/mol. The highest BCUT2D eigenvalue weighted by Crippen LogP contribution is 2.38. The van der Waals surface area contributed by atoms with Gasteiger partial charge in [0, 0.05) is 16.5 Å². The van der Waals surface area contributed by atoms with Crippen LogP contribution >= 0.6 is 27.7 Å². The summed E-state index contributed by atoms with van der Waals surface area (Å²) in [7, 11) is 0. The van der Waals surface area contributed by atoms with Crippen LogP contribution in [-0.2, 0) is 4.79 Å². The fourth-order valence-corrected chi connectivity index (χ4v) is 3.32. The molecule has 0 radical (unpaired) electrons. The predicted molar refractivity (Wildman–Crippen MR) is 98.3 cm³/mol. The van der Waals surface area contributed by atoms with Crippen LogP contribution in [0.1, 0.15) is 43.0 Å². The number of hydrogen-bond acceptors (Lipinski definition) is 4. The van der Waals surface area contributed by atoms with E-state index in [0.29, 0.717) is 11.1 Å². The standard InChI is InChI=1S/C17H18BrN3O2S/c1-10(11-4-6-13(18)7-5-11)19-16(23)9-24-17-20-14(12-2-3-12)8-15(22)21-17/h4-8,10,12H,2-3,9H2,1H3,(H,19,23)(H,20,21,22)/t10-/m1/s1. The Kier molecular flexibility index (Phi) is 5.40. The first-order valence-corrected chi connectivity index (χ1v) is 9.58. The van der Waals surface area contributed by atoms with Gasteiger partial charge in [-0.3, -0.25) is 9.59 Å². The van der Waals surface area contributed by atoms with Gasteiger partial charge in [-0.15, -0.1) is 0 Å². The lowest BCUT2D eigenvalue weighted by Gasteiger charge is -2.14. The number of carbonyl (C=O) groups excluding carboxylic acids is 1. The zero-order chi connectivity index (χ0) is 17.1. The molecule has 2 aromatic rings. The van der Waals surface area contributed by atoms with Crippen LogP contribution in [0.2, 0.25) is 0 Å². The highest BCUT2D eigenvalue weighted by molar-refractivity contribution is 9.10. The minimum atomic E-state index is -0.155. The molecule has 1 fully saturated rings. The van der Waals surface area contributed by atoms with Gasteiger partial charge >= 0.3 is 0 Å². The summed E-state index contributed by atoms with van der Waals surface area (Å²) < 4.78 is 1.01. The summed E-state index contributed by atoms with van der Waals surface area (Å²) >= 11 is 4.65. The number of amides is 1. The van der Waals surface area contributed by atoms with Crippen LogP contribution in [0, 0.1) is 0 Å². The fourth-order valence-electron chi connectivity index (χ4n) is 2.36. The van der Waals surface area contributed by atoms with Crippen LogP contribution in [0.4, 0.5) is 0 Å².